The van der Waals surface area contributed by atoms with Gasteiger partial charge < -0.3 is 20.7 Å². The van der Waals surface area contributed by atoms with Crippen LogP contribution in [0.5, 0.6) is 0 Å². The summed E-state index contributed by atoms with van der Waals surface area (Å²) in [5.74, 6) is 0.935. The first-order valence-electron chi connectivity index (χ1n) is 8.84. The number of piperidine rings is 1. The van der Waals surface area contributed by atoms with Gasteiger partial charge in [0.05, 0.1) is 12.5 Å². The third-order valence-electron chi connectivity index (χ3n) is 4.39. The van der Waals surface area contributed by atoms with Crippen LogP contribution in [0.4, 0.5) is 17.3 Å². The number of esters is 1. The maximum Gasteiger partial charge on any atom is 0.310 e. The number of nitrogens with zero attached hydrogens (tertiary/aromatic N) is 4. The Labute approximate surface area is 152 Å². The molecule has 8 nitrogen and oxygen atoms in total. The molecule has 0 spiro atoms. The van der Waals surface area contributed by atoms with E-state index in [9.17, 15) is 4.79 Å². The standard InChI is InChI=1S/C18H24N6O2/c1-2-26-18(25)14-6-4-8-24(11-14)17-15(19)16(22-12-23-17)21-10-13-5-3-7-20-9-13/h3,5,7,9,12,14H,2,4,6,8,10-11,19H2,1H3,(H,21,22,23). The molecule has 3 heterocycles. The van der Waals surface area contributed by atoms with Gasteiger partial charge in [-0.25, -0.2) is 9.97 Å². The number of carbonyl (C=O) groups excluding carboxylic acids is 1. The van der Waals surface area contributed by atoms with E-state index in [1.807, 2.05) is 24.0 Å². The van der Waals surface area contributed by atoms with Crippen LogP contribution in [-0.4, -0.2) is 40.6 Å². The number of carbonyl (C=O) groups is 1. The first-order chi connectivity index (χ1) is 12.7. The van der Waals surface area contributed by atoms with Crippen LogP contribution in [-0.2, 0) is 16.1 Å². The minimum Gasteiger partial charge on any atom is -0.466 e. The molecule has 138 valence electrons. The number of ether oxygens (including phenoxy) is 1. The van der Waals surface area contributed by atoms with Gasteiger partial charge in [0.2, 0.25) is 0 Å². The fourth-order valence-corrected chi connectivity index (χ4v) is 3.09. The van der Waals surface area contributed by atoms with Crippen LogP contribution in [0, 0.1) is 5.92 Å². The maximum atomic E-state index is 12.1. The number of nitrogens with two attached hydrogens (primary N) is 1. The molecule has 0 bridgehead atoms. The zero-order valence-electron chi connectivity index (χ0n) is 14.9. The Bertz CT molecular complexity index is 740. The van der Waals surface area contributed by atoms with E-state index in [4.69, 9.17) is 10.5 Å². The van der Waals surface area contributed by atoms with Crippen LogP contribution in [0.2, 0.25) is 0 Å². The molecule has 0 amide bonds. The van der Waals surface area contributed by atoms with E-state index in [-0.39, 0.29) is 11.9 Å². The largest absolute Gasteiger partial charge is 0.466 e. The van der Waals surface area contributed by atoms with Gasteiger partial charge in [-0.2, -0.15) is 0 Å². The van der Waals surface area contributed by atoms with Gasteiger partial charge in [-0.3, -0.25) is 9.78 Å². The molecule has 0 aliphatic carbocycles. The van der Waals surface area contributed by atoms with Crippen molar-refractivity contribution < 1.29 is 9.53 Å². The van der Waals surface area contributed by atoms with Crippen molar-refractivity contribution in [1.82, 2.24) is 15.0 Å². The Morgan fingerprint density at radius 3 is 3.12 bits per heavy atom. The lowest BCUT2D eigenvalue weighted by Gasteiger charge is -2.33. The maximum absolute atomic E-state index is 12.1. The van der Waals surface area contributed by atoms with Gasteiger partial charge in [0.25, 0.3) is 0 Å². The number of rotatable bonds is 6. The Balaban J connectivity index is 1.71. The van der Waals surface area contributed by atoms with Crippen molar-refractivity contribution in [2.75, 3.05) is 35.6 Å². The van der Waals surface area contributed by atoms with Crippen LogP contribution in [0.15, 0.2) is 30.9 Å². The van der Waals surface area contributed by atoms with E-state index in [2.05, 4.69) is 20.3 Å². The third-order valence-corrected chi connectivity index (χ3v) is 4.39. The topological polar surface area (TPSA) is 106 Å². The van der Waals surface area contributed by atoms with Crippen molar-refractivity contribution in [2.45, 2.75) is 26.3 Å². The summed E-state index contributed by atoms with van der Waals surface area (Å²) in [6.07, 6.45) is 6.74. The molecular weight excluding hydrogens is 332 g/mol. The van der Waals surface area contributed by atoms with Crippen molar-refractivity contribution in [3.05, 3.63) is 36.4 Å². The Morgan fingerprint density at radius 1 is 1.46 bits per heavy atom. The predicted molar refractivity (Wildman–Crippen MR) is 99.6 cm³/mol. The van der Waals surface area contributed by atoms with Crippen LogP contribution in [0.3, 0.4) is 0 Å². The summed E-state index contributed by atoms with van der Waals surface area (Å²) in [7, 11) is 0. The number of hydrogen-bond donors (Lipinski definition) is 2. The highest BCUT2D eigenvalue weighted by atomic mass is 16.5. The molecule has 1 aliphatic heterocycles. The van der Waals surface area contributed by atoms with E-state index in [0.717, 1.165) is 24.9 Å². The van der Waals surface area contributed by atoms with Gasteiger partial charge in [-0.05, 0) is 31.4 Å². The first-order valence-corrected chi connectivity index (χ1v) is 8.84. The molecule has 1 saturated heterocycles. The summed E-state index contributed by atoms with van der Waals surface area (Å²) in [5.41, 5.74) is 7.82. The second-order valence-electron chi connectivity index (χ2n) is 6.21. The Morgan fingerprint density at radius 2 is 2.35 bits per heavy atom. The monoisotopic (exact) mass is 356 g/mol. The lowest BCUT2D eigenvalue weighted by molar-refractivity contribution is -0.148. The lowest BCUT2D eigenvalue weighted by Crippen LogP contribution is -2.40. The number of aromatic nitrogens is 3. The van der Waals surface area contributed by atoms with E-state index in [0.29, 0.717) is 37.0 Å². The molecule has 2 aromatic heterocycles. The molecule has 3 N–H and O–H groups in total. The van der Waals surface area contributed by atoms with E-state index in [1.165, 1.54) is 6.33 Å². The Kier molecular flexibility index (Phi) is 5.83. The van der Waals surface area contributed by atoms with Crippen LogP contribution < -0.4 is 16.0 Å². The van der Waals surface area contributed by atoms with E-state index < -0.39 is 0 Å². The molecular formula is C18H24N6O2. The predicted octanol–water partition coefficient (Wildman–Crippen LogP) is 1.85. The van der Waals surface area contributed by atoms with Gasteiger partial charge in [0.15, 0.2) is 11.6 Å². The first kappa shape index (κ1) is 17.9. The molecule has 26 heavy (non-hydrogen) atoms. The molecule has 8 heteroatoms. The van der Waals surface area contributed by atoms with Crippen molar-refractivity contribution in [1.29, 1.82) is 0 Å². The zero-order chi connectivity index (χ0) is 18.4. The fraction of sp³-hybridized carbons (Fsp3) is 0.444. The SMILES string of the molecule is CCOC(=O)C1CCCN(c2ncnc(NCc3cccnc3)c2N)C1. The lowest BCUT2D eigenvalue weighted by atomic mass is 9.98. The second-order valence-corrected chi connectivity index (χ2v) is 6.21. The Hall–Kier alpha value is -2.90. The molecule has 0 aromatic carbocycles. The number of pyridine rings is 1. The number of anilines is 3. The van der Waals surface area contributed by atoms with Crippen LogP contribution in [0.1, 0.15) is 25.3 Å². The summed E-state index contributed by atoms with van der Waals surface area (Å²) >= 11 is 0. The van der Waals surface area contributed by atoms with Gasteiger partial charge in [0.1, 0.15) is 12.0 Å². The normalized spacial score (nSPS) is 17.0. The summed E-state index contributed by atoms with van der Waals surface area (Å²) in [6, 6.07) is 3.86. The molecule has 3 rings (SSSR count). The highest BCUT2D eigenvalue weighted by Gasteiger charge is 2.28. The highest BCUT2D eigenvalue weighted by Crippen LogP contribution is 2.30. The van der Waals surface area contributed by atoms with Gasteiger partial charge in [-0.15, -0.1) is 0 Å². The molecule has 0 radical (unpaired) electrons. The average Bonchev–Trinajstić information content (AvgIpc) is 2.68. The van der Waals surface area contributed by atoms with Crippen molar-refractivity contribution in [2.24, 2.45) is 5.92 Å². The van der Waals surface area contributed by atoms with Crippen LogP contribution >= 0.6 is 0 Å². The van der Waals surface area contributed by atoms with Crippen molar-refractivity contribution in [3.63, 3.8) is 0 Å². The van der Waals surface area contributed by atoms with Gasteiger partial charge in [-0.1, -0.05) is 6.07 Å². The van der Waals surface area contributed by atoms with E-state index >= 15 is 0 Å². The molecule has 2 aromatic rings. The average molecular weight is 356 g/mol. The molecule has 1 unspecified atom stereocenters. The third kappa shape index (κ3) is 4.19. The zero-order valence-corrected chi connectivity index (χ0v) is 14.9. The number of nitrogens with one attached hydrogen (secondary N) is 1. The summed E-state index contributed by atoms with van der Waals surface area (Å²) in [4.78, 5) is 26.8. The van der Waals surface area contributed by atoms with Crippen molar-refractivity contribution >= 4 is 23.3 Å². The summed E-state index contributed by atoms with van der Waals surface area (Å²) in [6.45, 7) is 4.15. The molecule has 1 atom stereocenters. The quantitative estimate of drug-likeness (QED) is 0.755. The number of hydrogen-bond acceptors (Lipinski definition) is 8. The minimum atomic E-state index is -0.153. The summed E-state index contributed by atoms with van der Waals surface area (Å²) in [5, 5.41) is 3.23. The number of nitrogen functional groups attached to an aromatic ring is 1. The van der Waals surface area contributed by atoms with Crippen molar-refractivity contribution in [3.8, 4) is 0 Å². The molecule has 1 fully saturated rings. The van der Waals surface area contributed by atoms with Gasteiger partial charge in [0, 0.05) is 32.0 Å². The molecule has 0 saturated carbocycles. The van der Waals surface area contributed by atoms with Gasteiger partial charge >= 0.3 is 5.97 Å². The minimum absolute atomic E-state index is 0.148. The fourth-order valence-electron chi connectivity index (χ4n) is 3.09. The molecule has 1 aliphatic rings. The summed E-state index contributed by atoms with van der Waals surface area (Å²) < 4.78 is 5.16. The highest BCUT2D eigenvalue weighted by molar-refractivity contribution is 5.77. The van der Waals surface area contributed by atoms with E-state index in [1.54, 1.807) is 12.4 Å². The smallest absolute Gasteiger partial charge is 0.310 e. The van der Waals surface area contributed by atoms with Crippen LogP contribution in [0.25, 0.3) is 0 Å². The second kappa shape index (κ2) is 8.46.